The van der Waals surface area contributed by atoms with Crippen LogP contribution in [0.5, 0.6) is 0 Å². The Labute approximate surface area is 93.4 Å². The fourth-order valence-electron chi connectivity index (χ4n) is 1.90. The summed E-state index contributed by atoms with van der Waals surface area (Å²) in [4.78, 5) is 11.9. The van der Waals surface area contributed by atoms with E-state index in [2.05, 4.69) is 38.2 Å². The molecule has 3 unspecified atom stereocenters. The summed E-state index contributed by atoms with van der Waals surface area (Å²) >= 11 is 0. The van der Waals surface area contributed by atoms with E-state index in [-0.39, 0.29) is 17.9 Å². The Bertz CT molecular complexity index is 351. The average molecular weight is 224 g/mol. The number of H-pyrrole nitrogens is 1. The van der Waals surface area contributed by atoms with Crippen LogP contribution in [0.1, 0.15) is 25.7 Å². The molecule has 2 rings (SSSR count). The molecule has 1 aliphatic heterocycles. The van der Waals surface area contributed by atoms with Gasteiger partial charge in [0, 0.05) is 6.54 Å². The number of aromatic amines is 1. The van der Waals surface area contributed by atoms with Crippen molar-refractivity contribution in [3.63, 3.8) is 0 Å². The summed E-state index contributed by atoms with van der Waals surface area (Å²) in [6, 6.07) is -0.209. The van der Waals surface area contributed by atoms with E-state index in [1.54, 1.807) is 0 Å². The summed E-state index contributed by atoms with van der Waals surface area (Å²) in [5.41, 5.74) is 0. The highest BCUT2D eigenvalue weighted by molar-refractivity contribution is 5.79. The maximum Gasteiger partial charge on any atom is 0.225 e. The van der Waals surface area contributed by atoms with Crippen LogP contribution in [0.4, 0.5) is 0 Å². The van der Waals surface area contributed by atoms with E-state index in [1.165, 1.54) is 0 Å². The summed E-state index contributed by atoms with van der Waals surface area (Å²) in [7, 11) is 0. The first-order chi connectivity index (χ1) is 7.68. The van der Waals surface area contributed by atoms with Crippen LogP contribution in [0.15, 0.2) is 0 Å². The molecular formula is C9H16N6O. The first-order valence-electron chi connectivity index (χ1n) is 5.43. The normalized spacial score (nSPS) is 26.6. The summed E-state index contributed by atoms with van der Waals surface area (Å²) in [6.45, 7) is 5.56. The number of carbonyl (C=O) groups is 1. The minimum atomic E-state index is -0.209. The van der Waals surface area contributed by atoms with E-state index in [4.69, 9.17) is 0 Å². The Kier molecular flexibility index (Phi) is 3.14. The quantitative estimate of drug-likeness (QED) is 0.626. The monoisotopic (exact) mass is 224 g/mol. The molecule has 1 fully saturated rings. The number of amides is 1. The fourth-order valence-corrected chi connectivity index (χ4v) is 1.90. The number of nitrogens with zero attached hydrogens (tertiary/aromatic N) is 3. The molecule has 0 spiro atoms. The molecule has 7 nitrogen and oxygen atoms in total. The molecule has 0 bridgehead atoms. The van der Waals surface area contributed by atoms with Crippen LogP contribution in [0, 0.1) is 11.8 Å². The van der Waals surface area contributed by atoms with Gasteiger partial charge in [-0.2, -0.15) is 5.21 Å². The molecule has 2 heterocycles. The van der Waals surface area contributed by atoms with E-state index in [9.17, 15) is 4.79 Å². The standard InChI is InChI=1S/C9H16N6O/c1-5-3-10-4-7(5)9(16)11-6(2)8-12-14-15-13-8/h5-7,10H,3-4H2,1-2H3,(H,11,16)(H,12,13,14,15). The second-order valence-corrected chi connectivity index (χ2v) is 4.24. The molecular weight excluding hydrogens is 208 g/mol. The van der Waals surface area contributed by atoms with Gasteiger partial charge in [-0.3, -0.25) is 4.79 Å². The first kappa shape index (κ1) is 11.0. The van der Waals surface area contributed by atoms with Gasteiger partial charge in [0.05, 0.1) is 12.0 Å². The summed E-state index contributed by atoms with van der Waals surface area (Å²) in [6.07, 6.45) is 0. The van der Waals surface area contributed by atoms with Gasteiger partial charge in [0.1, 0.15) is 0 Å². The number of aromatic nitrogens is 4. The number of nitrogens with one attached hydrogen (secondary N) is 3. The number of tetrazole rings is 1. The van der Waals surface area contributed by atoms with Gasteiger partial charge in [-0.05, 0) is 19.4 Å². The second kappa shape index (κ2) is 4.56. The van der Waals surface area contributed by atoms with Crippen LogP contribution >= 0.6 is 0 Å². The Hall–Kier alpha value is -1.50. The van der Waals surface area contributed by atoms with Gasteiger partial charge in [-0.25, -0.2) is 0 Å². The molecule has 0 radical (unpaired) electrons. The van der Waals surface area contributed by atoms with Crippen molar-refractivity contribution >= 4 is 5.91 Å². The molecule has 0 aliphatic carbocycles. The highest BCUT2D eigenvalue weighted by Crippen LogP contribution is 2.17. The van der Waals surface area contributed by atoms with Crippen molar-refractivity contribution in [3.05, 3.63) is 5.82 Å². The molecule has 1 saturated heterocycles. The lowest BCUT2D eigenvalue weighted by Crippen LogP contribution is -2.36. The fraction of sp³-hybridized carbons (Fsp3) is 0.778. The third-order valence-corrected chi connectivity index (χ3v) is 2.96. The van der Waals surface area contributed by atoms with Gasteiger partial charge in [0.15, 0.2) is 5.82 Å². The lowest BCUT2D eigenvalue weighted by Gasteiger charge is -2.16. The molecule has 7 heteroatoms. The third-order valence-electron chi connectivity index (χ3n) is 2.96. The Morgan fingerprint density at radius 2 is 2.38 bits per heavy atom. The Morgan fingerprint density at radius 1 is 1.56 bits per heavy atom. The van der Waals surface area contributed by atoms with Crippen LogP contribution in [-0.4, -0.2) is 39.6 Å². The zero-order valence-electron chi connectivity index (χ0n) is 9.40. The minimum Gasteiger partial charge on any atom is -0.346 e. The topological polar surface area (TPSA) is 95.6 Å². The molecule has 0 aromatic carbocycles. The van der Waals surface area contributed by atoms with Crippen LogP contribution in [0.2, 0.25) is 0 Å². The lowest BCUT2D eigenvalue weighted by atomic mass is 9.97. The van der Waals surface area contributed by atoms with E-state index in [0.29, 0.717) is 11.7 Å². The predicted molar refractivity (Wildman–Crippen MR) is 56.3 cm³/mol. The van der Waals surface area contributed by atoms with Crippen molar-refractivity contribution in [2.75, 3.05) is 13.1 Å². The Morgan fingerprint density at radius 3 is 2.94 bits per heavy atom. The molecule has 88 valence electrons. The van der Waals surface area contributed by atoms with Crippen molar-refractivity contribution in [2.24, 2.45) is 11.8 Å². The molecule has 3 N–H and O–H groups in total. The predicted octanol–water partition coefficient (Wildman–Crippen LogP) is -0.768. The van der Waals surface area contributed by atoms with Gasteiger partial charge < -0.3 is 10.6 Å². The zero-order chi connectivity index (χ0) is 11.5. The van der Waals surface area contributed by atoms with Gasteiger partial charge in [-0.1, -0.05) is 12.1 Å². The second-order valence-electron chi connectivity index (χ2n) is 4.24. The van der Waals surface area contributed by atoms with E-state index < -0.39 is 0 Å². The third kappa shape index (κ3) is 2.19. The number of hydrogen-bond acceptors (Lipinski definition) is 5. The van der Waals surface area contributed by atoms with Gasteiger partial charge in [0.25, 0.3) is 0 Å². The Balaban J connectivity index is 1.92. The molecule has 1 aromatic rings. The van der Waals surface area contributed by atoms with Crippen LogP contribution in [-0.2, 0) is 4.79 Å². The first-order valence-corrected chi connectivity index (χ1v) is 5.43. The lowest BCUT2D eigenvalue weighted by molar-refractivity contribution is -0.126. The summed E-state index contributed by atoms with van der Waals surface area (Å²) in [5, 5.41) is 19.6. The molecule has 1 aromatic heterocycles. The SMILES string of the molecule is CC(NC(=O)C1CNCC1C)c1nn[nH]n1. The van der Waals surface area contributed by atoms with E-state index in [1.807, 2.05) is 6.92 Å². The molecule has 0 saturated carbocycles. The van der Waals surface area contributed by atoms with Gasteiger partial charge in [0.2, 0.25) is 5.91 Å². The molecule has 3 atom stereocenters. The van der Waals surface area contributed by atoms with Crippen molar-refractivity contribution in [1.29, 1.82) is 0 Å². The van der Waals surface area contributed by atoms with E-state index >= 15 is 0 Å². The highest BCUT2D eigenvalue weighted by atomic mass is 16.2. The largest absolute Gasteiger partial charge is 0.346 e. The number of hydrogen-bond donors (Lipinski definition) is 3. The smallest absolute Gasteiger partial charge is 0.225 e. The van der Waals surface area contributed by atoms with Crippen molar-refractivity contribution < 1.29 is 4.79 Å². The van der Waals surface area contributed by atoms with Crippen molar-refractivity contribution in [3.8, 4) is 0 Å². The van der Waals surface area contributed by atoms with Crippen LogP contribution < -0.4 is 10.6 Å². The number of rotatable bonds is 3. The average Bonchev–Trinajstić information content (AvgIpc) is 2.86. The van der Waals surface area contributed by atoms with Crippen molar-refractivity contribution in [1.82, 2.24) is 31.3 Å². The van der Waals surface area contributed by atoms with E-state index in [0.717, 1.165) is 13.1 Å². The molecule has 16 heavy (non-hydrogen) atoms. The van der Waals surface area contributed by atoms with Gasteiger partial charge >= 0.3 is 0 Å². The maximum atomic E-state index is 11.9. The highest BCUT2D eigenvalue weighted by Gasteiger charge is 2.30. The van der Waals surface area contributed by atoms with Crippen LogP contribution in [0.25, 0.3) is 0 Å². The summed E-state index contributed by atoms with van der Waals surface area (Å²) in [5.74, 6) is 0.966. The van der Waals surface area contributed by atoms with Crippen molar-refractivity contribution in [2.45, 2.75) is 19.9 Å². The number of carbonyl (C=O) groups excluding carboxylic acids is 1. The minimum absolute atomic E-state index is 0.0364. The molecule has 1 amide bonds. The van der Waals surface area contributed by atoms with Gasteiger partial charge in [-0.15, -0.1) is 10.2 Å². The molecule has 1 aliphatic rings. The summed E-state index contributed by atoms with van der Waals surface area (Å²) < 4.78 is 0. The zero-order valence-corrected chi connectivity index (χ0v) is 9.40. The van der Waals surface area contributed by atoms with Crippen LogP contribution in [0.3, 0.4) is 0 Å². The maximum absolute atomic E-state index is 11.9.